The van der Waals surface area contributed by atoms with Gasteiger partial charge < -0.3 is 24.8 Å². The van der Waals surface area contributed by atoms with Crippen molar-refractivity contribution in [1.82, 2.24) is 25.3 Å². The quantitative estimate of drug-likeness (QED) is 0.396. The fraction of sp³-hybridized carbons (Fsp3) is 0.250. The number of hydrogen-bond acceptors (Lipinski definition) is 9. The molecule has 35 heavy (non-hydrogen) atoms. The molecule has 10 nitrogen and oxygen atoms in total. The Hall–Kier alpha value is -3.89. The van der Waals surface area contributed by atoms with E-state index in [4.69, 9.17) is 20.9 Å². The molecule has 0 bridgehead atoms. The number of piperazine rings is 1. The highest BCUT2D eigenvalue weighted by atomic mass is 35.5. The SMILES string of the molecule is O=C(NCc1ccco1)ON1CCN(c2nccc3nc(NCc4ccccc4Cl)ncc23)CC1. The zero-order valence-electron chi connectivity index (χ0n) is 18.9. The third-order valence-corrected chi connectivity index (χ3v) is 5.99. The maximum atomic E-state index is 12.1. The number of hydroxylamine groups is 2. The summed E-state index contributed by atoms with van der Waals surface area (Å²) >= 11 is 6.23. The normalized spacial score (nSPS) is 14.1. The smallest absolute Gasteiger partial charge is 0.426 e. The van der Waals surface area contributed by atoms with Gasteiger partial charge in [-0.3, -0.25) is 0 Å². The second-order valence-electron chi connectivity index (χ2n) is 7.93. The molecule has 2 N–H and O–H groups in total. The van der Waals surface area contributed by atoms with Crippen LogP contribution >= 0.6 is 11.6 Å². The van der Waals surface area contributed by atoms with E-state index in [9.17, 15) is 4.79 Å². The maximum Gasteiger partial charge on any atom is 0.426 e. The van der Waals surface area contributed by atoms with Crippen LogP contribution in [0.2, 0.25) is 5.02 Å². The summed E-state index contributed by atoms with van der Waals surface area (Å²) in [6.45, 7) is 3.18. The maximum absolute atomic E-state index is 12.1. The lowest BCUT2D eigenvalue weighted by Gasteiger charge is -2.34. The van der Waals surface area contributed by atoms with Crippen molar-refractivity contribution in [3.05, 3.63) is 77.5 Å². The Balaban J connectivity index is 1.18. The van der Waals surface area contributed by atoms with Crippen LogP contribution in [0.3, 0.4) is 0 Å². The summed E-state index contributed by atoms with van der Waals surface area (Å²) in [5.41, 5.74) is 1.77. The van der Waals surface area contributed by atoms with Crippen LogP contribution < -0.4 is 15.5 Å². The molecule has 1 fully saturated rings. The molecule has 180 valence electrons. The number of carbonyl (C=O) groups excluding carboxylic acids is 1. The molecule has 1 saturated heterocycles. The lowest BCUT2D eigenvalue weighted by molar-refractivity contribution is -0.103. The summed E-state index contributed by atoms with van der Waals surface area (Å²) in [5.74, 6) is 1.99. The minimum absolute atomic E-state index is 0.279. The van der Waals surface area contributed by atoms with Crippen LogP contribution in [0.25, 0.3) is 10.9 Å². The molecule has 3 aromatic heterocycles. The number of aromatic nitrogens is 3. The highest BCUT2D eigenvalue weighted by Gasteiger charge is 2.23. The molecule has 0 spiro atoms. The van der Waals surface area contributed by atoms with Gasteiger partial charge in [0.2, 0.25) is 5.95 Å². The van der Waals surface area contributed by atoms with Gasteiger partial charge in [-0.1, -0.05) is 29.8 Å². The van der Waals surface area contributed by atoms with Crippen LogP contribution in [0, 0.1) is 0 Å². The molecule has 5 rings (SSSR count). The molecule has 1 aliphatic rings. The van der Waals surface area contributed by atoms with Crippen LogP contribution in [0.4, 0.5) is 16.6 Å². The predicted octanol–water partition coefficient (Wildman–Crippen LogP) is 3.85. The van der Waals surface area contributed by atoms with E-state index in [2.05, 4.69) is 30.5 Å². The van der Waals surface area contributed by atoms with Crippen molar-refractivity contribution >= 4 is 40.4 Å². The topological polar surface area (TPSA) is 109 Å². The summed E-state index contributed by atoms with van der Waals surface area (Å²) in [5, 5.41) is 9.11. The number of nitrogens with zero attached hydrogens (tertiary/aromatic N) is 5. The van der Waals surface area contributed by atoms with Gasteiger partial charge in [0, 0.05) is 37.1 Å². The van der Waals surface area contributed by atoms with E-state index in [-0.39, 0.29) is 6.54 Å². The van der Waals surface area contributed by atoms with E-state index in [0.717, 1.165) is 22.3 Å². The highest BCUT2D eigenvalue weighted by Crippen LogP contribution is 2.25. The Morgan fingerprint density at radius 2 is 1.91 bits per heavy atom. The number of anilines is 2. The van der Waals surface area contributed by atoms with Gasteiger partial charge in [0.1, 0.15) is 11.6 Å². The van der Waals surface area contributed by atoms with Gasteiger partial charge in [0.25, 0.3) is 0 Å². The number of pyridine rings is 1. The van der Waals surface area contributed by atoms with Gasteiger partial charge in [-0.15, -0.1) is 5.06 Å². The number of benzene rings is 1. The monoisotopic (exact) mass is 493 g/mol. The van der Waals surface area contributed by atoms with Crippen molar-refractivity contribution in [3.63, 3.8) is 0 Å². The first-order valence-corrected chi connectivity index (χ1v) is 11.6. The molecule has 4 aromatic rings. The van der Waals surface area contributed by atoms with Gasteiger partial charge in [0.15, 0.2) is 0 Å². The van der Waals surface area contributed by atoms with Gasteiger partial charge in [-0.2, -0.15) is 0 Å². The summed E-state index contributed by atoms with van der Waals surface area (Å²) < 4.78 is 5.20. The van der Waals surface area contributed by atoms with Gasteiger partial charge in [-0.25, -0.2) is 19.7 Å². The third-order valence-electron chi connectivity index (χ3n) is 5.62. The van der Waals surface area contributed by atoms with E-state index in [1.165, 1.54) is 0 Å². The fourth-order valence-corrected chi connectivity index (χ4v) is 4.01. The second kappa shape index (κ2) is 10.6. The number of hydrogen-bond donors (Lipinski definition) is 2. The number of nitrogens with one attached hydrogen (secondary N) is 2. The second-order valence-corrected chi connectivity index (χ2v) is 8.34. The van der Waals surface area contributed by atoms with E-state index in [1.54, 1.807) is 35.9 Å². The summed E-state index contributed by atoms with van der Waals surface area (Å²) in [6, 6.07) is 13.1. The average Bonchev–Trinajstić information content (AvgIpc) is 3.41. The highest BCUT2D eigenvalue weighted by molar-refractivity contribution is 6.31. The molecule has 0 radical (unpaired) electrons. The zero-order valence-corrected chi connectivity index (χ0v) is 19.6. The number of carbonyl (C=O) groups is 1. The minimum Gasteiger partial charge on any atom is -0.467 e. The fourth-order valence-electron chi connectivity index (χ4n) is 3.81. The van der Waals surface area contributed by atoms with E-state index in [0.29, 0.717) is 49.5 Å². The number of rotatable bonds is 7. The van der Waals surface area contributed by atoms with Crippen molar-refractivity contribution in [2.45, 2.75) is 13.1 Å². The number of amides is 1. The van der Waals surface area contributed by atoms with Gasteiger partial charge in [-0.05, 0) is 29.8 Å². The Morgan fingerprint density at radius 3 is 2.71 bits per heavy atom. The summed E-state index contributed by atoms with van der Waals surface area (Å²) in [4.78, 5) is 33.3. The first-order valence-electron chi connectivity index (χ1n) is 11.2. The predicted molar refractivity (Wildman–Crippen MR) is 132 cm³/mol. The Bertz CT molecular complexity index is 1290. The molecule has 0 aliphatic carbocycles. The standard InChI is InChI=1S/C24H24ClN7O3/c25-20-6-2-1-4-17(20)14-27-23-28-16-19-21(30-23)7-8-26-22(19)31-9-11-32(12-10-31)35-24(33)29-15-18-5-3-13-34-18/h1-8,13,16H,9-12,14-15H2,(H,29,33)(H,27,28,30). The van der Waals surface area contributed by atoms with Gasteiger partial charge >= 0.3 is 6.09 Å². The first kappa shape index (κ1) is 22.9. The lowest BCUT2D eigenvalue weighted by atomic mass is 10.2. The Morgan fingerprint density at radius 1 is 1.06 bits per heavy atom. The molecule has 11 heteroatoms. The molecule has 1 aromatic carbocycles. The Kier molecular flexibility index (Phi) is 6.92. The van der Waals surface area contributed by atoms with E-state index < -0.39 is 6.09 Å². The zero-order chi connectivity index (χ0) is 24.0. The van der Waals surface area contributed by atoms with Gasteiger partial charge in [0.05, 0.1) is 36.8 Å². The Labute approximate surface area is 206 Å². The minimum atomic E-state index is -0.511. The number of furan rings is 1. The van der Waals surface area contributed by atoms with Crippen LogP contribution in [0.1, 0.15) is 11.3 Å². The lowest BCUT2D eigenvalue weighted by Crippen LogP contribution is -2.48. The molecule has 1 aliphatic heterocycles. The van der Waals surface area contributed by atoms with Crippen LogP contribution in [-0.2, 0) is 17.9 Å². The van der Waals surface area contributed by atoms with Crippen LogP contribution in [0.15, 0.2) is 65.5 Å². The molecule has 0 unspecified atom stereocenters. The summed E-state index contributed by atoms with van der Waals surface area (Å²) in [7, 11) is 0. The average molecular weight is 494 g/mol. The first-order chi connectivity index (χ1) is 17.2. The van der Waals surface area contributed by atoms with Crippen LogP contribution in [-0.4, -0.2) is 52.3 Å². The van der Waals surface area contributed by atoms with Crippen molar-refractivity contribution in [2.24, 2.45) is 0 Å². The number of halogens is 1. The molecule has 0 atom stereocenters. The third kappa shape index (κ3) is 5.61. The molecule has 0 saturated carbocycles. The van der Waals surface area contributed by atoms with Crippen molar-refractivity contribution in [2.75, 3.05) is 36.4 Å². The molecule has 1 amide bonds. The van der Waals surface area contributed by atoms with E-state index in [1.807, 2.05) is 30.3 Å². The molecular formula is C24H24ClN7O3. The molecule has 4 heterocycles. The number of fused-ring (bicyclic) bond motifs is 1. The molecular weight excluding hydrogens is 470 g/mol. The van der Waals surface area contributed by atoms with Crippen molar-refractivity contribution in [3.8, 4) is 0 Å². The van der Waals surface area contributed by atoms with Crippen molar-refractivity contribution < 1.29 is 14.0 Å². The largest absolute Gasteiger partial charge is 0.467 e. The summed E-state index contributed by atoms with van der Waals surface area (Å²) in [6.07, 6.45) is 4.58. The van der Waals surface area contributed by atoms with Crippen molar-refractivity contribution in [1.29, 1.82) is 0 Å². The van der Waals surface area contributed by atoms with Crippen LogP contribution in [0.5, 0.6) is 0 Å². The van der Waals surface area contributed by atoms with E-state index >= 15 is 0 Å².